The zero-order valence-corrected chi connectivity index (χ0v) is 11.2. The molecule has 2 N–H and O–H groups in total. The normalized spacial score (nSPS) is 11.7. The standard InChI is InChI=1S/C16H18N2O/c1-12-8-10-15(11-9-12)17-13(2)16(19)18-14-6-4-3-5-7-14/h3-11,13,17H,1-2H3,(H,18,19)/t13-/m1/s1. The van der Waals surface area contributed by atoms with Crippen molar-refractivity contribution in [2.24, 2.45) is 0 Å². The highest BCUT2D eigenvalue weighted by Gasteiger charge is 2.12. The average molecular weight is 254 g/mol. The van der Waals surface area contributed by atoms with Crippen molar-refractivity contribution in [1.82, 2.24) is 0 Å². The highest BCUT2D eigenvalue weighted by Crippen LogP contribution is 2.11. The Morgan fingerprint density at radius 3 is 2.21 bits per heavy atom. The molecule has 3 nitrogen and oxygen atoms in total. The topological polar surface area (TPSA) is 41.1 Å². The number of carbonyl (C=O) groups is 1. The van der Waals surface area contributed by atoms with Gasteiger partial charge in [0.1, 0.15) is 6.04 Å². The summed E-state index contributed by atoms with van der Waals surface area (Å²) >= 11 is 0. The van der Waals surface area contributed by atoms with E-state index >= 15 is 0 Å². The zero-order valence-electron chi connectivity index (χ0n) is 11.2. The Kier molecular flexibility index (Phi) is 4.18. The predicted octanol–water partition coefficient (Wildman–Crippen LogP) is 3.43. The van der Waals surface area contributed by atoms with Crippen LogP contribution in [0.15, 0.2) is 54.6 Å². The summed E-state index contributed by atoms with van der Waals surface area (Å²) in [5, 5.41) is 6.05. The van der Waals surface area contributed by atoms with Crippen molar-refractivity contribution in [1.29, 1.82) is 0 Å². The van der Waals surface area contributed by atoms with Gasteiger partial charge in [0.2, 0.25) is 5.91 Å². The highest BCUT2D eigenvalue weighted by atomic mass is 16.2. The molecule has 2 aromatic rings. The summed E-state index contributed by atoms with van der Waals surface area (Å²) in [4.78, 5) is 12.0. The van der Waals surface area contributed by atoms with E-state index in [4.69, 9.17) is 0 Å². The van der Waals surface area contributed by atoms with Crippen molar-refractivity contribution in [2.75, 3.05) is 10.6 Å². The number of aryl methyl sites for hydroxylation is 1. The van der Waals surface area contributed by atoms with Crippen LogP contribution in [0.1, 0.15) is 12.5 Å². The van der Waals surface area contributed by atoms with Crippen LogP contribution in [0.5, 0.6) is 0 Å². The van der Waals surface area contributed by atoms with E-state index in [9.17, 15) is 4.79 Å². The Morgan fingerprint density at radius 2 is 1.58 bits per heavy atom. The van der Waals surface area contributed by atoms with Crippen molar-refractivity contribution in [2.45, 2.75) is 19.9 Å². The minimum absolute atomic E-state index is 0.0493. The molecule has 0 aromatic heterocycles. The van der Waals surface area contributed by atoms with Crippen molar-refractivity contribution < 1.29 is 4.79 Å². The van der Waals surface area contributed by atoms with Gasteiger partial charge in [-0.25, -0.2) is 0 Å². The van der Waals surface area contributed by atoms with Gasteiger partial charge in [0.05, 0.1) is 0 Å². The molecule has 2 rings (SSSR count). The first-order valence-electron chi connectivity index (χ1n) is 6.34. The Morgan fingerprint density at radius 1 is 0.947 bits per heavy atom. The number of rotatable bonds is 4. The van der Waals surface area contributed by atoms with Crippen LogP contribution in [0.3, 0.4) is 0 Å². The zero-order chi connectivity index (χ0) is 13.7. The van der Waals surface area contributed by atoms with Crippen LogP contribution >= 0.6 is 0 Å². The quantitative estimate of drug-likeness (QED) is 0.877. The molecule has 19 heavy (non-hydrogen) atoms. The molecule has 98 valence electrons. The third kappa shape index (κ3) is 3.85. The number of hydrogen-bond acceptors (Lipinski definition) is 2. The number of benzene rings is 2. The summed E-state index contributed by atoms with van der Waals surface area (Å²) in [7, 11) is 0. The van der Waals surface area contributed by atoms with E-state index in [0.29, 0.717) is 0 Å². The molecule has 0 unspecified atom stereocenters. The van der Waals surface area contributed by atoms with Crippen LogP contribution in [-0.2, 0) is 4.79 Å². The third-order valence-electron chi connectivity index (χ3n) is 2.87. The number of anilines is 2. The Hall–Kier alpha value is -2.29. The lowest BCUT2D eigenvalue weighted by Crippen LogP contribution is -2.31. The molecule has 0 aliphatic rings. The summed E-state index contributed by atoms with van der Waals surface area (Å²) < 4.78 is 0. The monoisotopic (exact) mass is 254 g/mol. The molecule has 0 saturated heterocycles. The van der Waals surface area contributed by atoms with Crippen LogP contribution in [0, 0.1) is 6.92 Å². The molecule has 0 heterocycles. The lowest BCUT2D eigenvalue weighted by atomic mass is 10.2. The lowest BCUT2D eigenvalue weighted by Gasteiger charge is -2.15. The average Bonchev–Trinajstić information content (AvgIpc) is 2.42. The second-order valence-electron chi connectivity index (χ2n) is 4.59. The van der Waals surface area contributed by atoms with E-state index in [-0.39, 0.29) is 11.9 Å². The smallest absolute Gasteiger partial charge is 0.246 e. The molecule has 1 atom stereocenters. The molecule has 0 saturated carbocycles. The van der Waals surface area contributed by atoms with Gasteiger partial charge >= 0.3 is 0 Å². The largest absolute Gasteiger partial charge is 0.374 e. The van der Waals surface area contributed by atoms with Gasteiger partial charge in [-0.1, -0.05) is 35.9 Å². The predicted molar refractivity (Wildman–Crippen MR) is 79.3 cm³/mol. The fraction of sp³-hybridized carbons (Fsp3) is 0.188. The summed E-state index contributed by atoms with van der Waals surface area (Å²) in [5.41, 5.74) is 2.96. The first kappa shape index (κ1) is 13.1. The van der Waals surface area contributed by atoms with Gasteiger partial charge in [-0.2, -0.15) is 0 Å². The molecule has 0 spiro atoms. The second-order valence-corrected chi connectivity index (χ2v) is 4.59. The number of para-hydroxylation sites is 1. The first-order chi connectivity index (χ1) is 9.15. The van der Waals surface area contributed by atoms with Crippen LogP contribution < -0.4 is 10.6 Å². The summed E-state index contributed by atoms with van der Waals surface area (Å²) in [5.74, 6) is -0.0493. The van der Waals surface area contributed by atoms with E-state index < -0.39 is 0 Å². The molecule has 1 amide bonds. The van der Waals surface area contributed by atoms with Gasteiger partial charge < -0.3 is 10.6 Å². The molecular weight excluding hydrogens is 236 g/mol. The Bertz CT molecular complexity index is 534. The summed E-state index contributed by atoms with van der Waals surface area (Å²) in [6.07, 6.45) is 0. The van der Waals surface area contributed by atoms with E-state index in [2.05, 4.69) is 10.6 Å². The Balaban J connectivity index is 1.94. The third-order valence-corrected chi connectivity index (χ3v) is 2.87. The molecule has 3 heteroatoms. The molecule has 2 aromatic carbocycles. The summed E-state index contributed by atoms with van der Waals surface area (Å²) in [6.45, 7) is 3.88. The maximum Gasteiger partial charge on any atom is 0.246 e. The van der Waals surface area contributed by atoms with Crippen molar-refractivity contribution >= 4 is 17.3 Å². The van der Waals surface area contributed by atoms with Gasteiger partial charge in [0, 0.05) is 11.4 Å². The number of hydrogen-bond donors (Lipinski definition) is 2. The van der Waals surface area contributed by atoms with Gasteiger partial charge in [-0.05, 0) is 38.1 Å². The number of nitrogens with one attached hydrogen (secondary N) is 2. The van der Waals surface area contributed by atoms with Gasteiger partial charge in [-0.15, -0.1) is 0 Å². The van der Waals surface area contributed by atoms with Crippen LogP contribution in [0.2, 0.25) is 0 Å². The van der Waals surface area contributed by atoms with E-state index in [0.717, 1.165) is 11.4 Å². The molecule has 0 radical (unpaired) electrons. The maximum absolute atomic E-state index is 12.0. The SMILES string of the molecule is Cc1ccc(N[C@H](C)C(=O)Nc2ccccc2)cc1. The first-order valence-corrected chi connectivity index (χ1v) is 6.34. The molecule has 0 fully saturated rings. The minimum Gasteiger partial charge on any atom is -0.374 e. The van der Waals surface area contributed by atoms with Crippen molar-refractivity contribution in [3.63, 3.8) is 0 Å². The minimum atomic E-state index is -0.289. The number of carbonyl (C=O) groups excluding carboxylic acids is 1. The molecule has 0 aliphatic heterocycles. The summed E-state index contributed by atoms with van der Waals surface area (Å²) in [6, 6.07) is 17.2. The second kappa shape index (κ2) is 6.05. The van der Waals surface area contributed by atoms with Gasteiger partial charge in [0.15, 0.2) is 0 Å². The number of amides is 1. The fourth-order valence-corrected chi connectivity index (χ4v) is 1.74. The fourth-order valence-electron chi connectivity index (χ4n) is 1.74. The molecular formula is C16H18N2O. The highest BCUT2D eigenvalue weighted by molar-refractivity contribution is 5.96. The molecule has 0 bridgehead atoms. The Labute approximate surface area is 113 Å². The van der Waals surface area contributed by atoms with E-state index in [1.807, 2.05) is 68.4 Å². The maximum atomic E-state index is 12.0. The van der Waals surface area contributed by atoms with Gasteiger partial charge in [-0.3, -0.25) is 4.79 Å². The van der Waals surface area contributed by atoms with Gasteiger partial charge in [0.25, 0.3) is 0 Å². The lowest BCUT2D eigenvalue weighted by molar-refractivity contribution is -0.116. The van der Waals surface area contributed by atoms with Crippen LogP contribution in [0.25, 0.3) is 0 Å². The van der Waals surface area contributed by atoms with Crippen LogP contribution in [-0.4, -0.2) is 11.9 Å². The van der Waals surface area contributed by atoms with Crippen molar-refractivity contribution in [3.05, 3.63) is 60.2 Å². The molecule has 0 aliphatic carbocycles. The van der Waals surface area contributed by atoms with Crippen molar-refractivity contribution in [3.8, 4) is 0 Å². The van der Waals surface area contributed by atoms with Crippen LogP contribution in [0.4, 0.5) is 11.4 Å². The van der Waals surface area contributed by atoms with E-state index in [1.165, 1.54) is 5.56 Å². The van der Waals surface area contributed by atoms with E-state index in [1.54, 1.807) is 0 Å².